The van der Waals surface area contributed by atoms with Gasteiger partial charge < -0.3 is 4.90 Å². The number of hydrogen-bond acceptors (Lipinski definition) is 3. The highest BCUT2D eigenvalue weighted by molar-refractivity contribution is 7.89. The normalized spacial score (nSPS) is 20.1. The molecule has 1 heterocycles. The zero-order valence-corrected chi connectivity index (χ0v) is 12.2. The largest absolute Gasteiger partial charge is 0.347 e. The highest BCUT2D eigenvalue weighted by Gasteiger charge is 2.40. The van der Waals surface area contributed by atoms with E-state index in [4.69, 9.17) is 0 Å². The molecule has 0 aromatic heterocycles. The van der Waals surface area contributed by atoms with E-state index >= 15 is 0 Å². The molecule has 0 aliphatic carbocycles. The number of rotatable bonds is 3. The summed E-state index contributed by atoms with van der Waals surface area (Å²) in [5, 5.41) is 0. The van der Waals surface area contributed by atoms with Gasteiger partial charge in [-0.05, 0) is 25.0 Å². The molecule has 1 aromatic rings. The molecule has 110 valence electrons. The second kappa shape index (κ2) is 5.49. The number of benzene rings is 1. The Morgan fingerprint density at radius 1 is 1.35 bits per heavy atom. The standard InChI is InChI=1S/C13H17FN2O3S/c1-15(2)13(17)11-7-5-9-16(11)20(18,19)12-8-4-3-6-10(12)14/h3-4,6,8,11H,5,7,9H2,1-2H3. The van der Waals surface area contributed by atoms with Crippen LogP contribution in [-0.4, -0.2) is 50.2 Å². The van der Waals surface area contributed by atoms with Gasteiger partial charge in [-0.15, -0.1) is 0 Å². The summed E-state index contributed by atoms with van der Waals surface area (Å²) in [6.45, 7) is 0.237. The zero-order chi connectivity index (χ0) is 14.9. The molecule has 0 spiro atoms. The topological polar surface area (TPSA) is 57.7 Å². The van der Waals surface area contributed by atoms with E-state index < -0.39 is 21.9 Å². The summed E-state index contributed by atoms with van der Waals surface area (Å²) in [6, 6.07) is 4.48. The fraction of sp³-hybridized carbons (Fsp3) is 0.462. The Morgan fingerprint density at radius 2 is 2.00 bits per heavy atom. The third-order valence-corrected chi connectivity index (χ3v) is 5.29. The van der Waals surface area contributed by atoms with E-state index in [1.165, 1.54) is 23.1 Å². The van der Waals surface area contributed by atoms with Crippen molar-refractivity contribution in [2.45, 2.75) is 23.8 Å². The maximum Gasteiger partial charge on any atom is 0.246 e. The molecule has 5 nitrogen and oxygen atoms in total. The molecule has 1 amide bonds. The van der Waals surface area contributed by atoms with Crippen LogP contribution in [0.4, 0.5) is 4.39 Å². The molecule has 1 aliphatic rings. The maximum atomic E-state index is 13.7. The van der Waals surface area contributed by atoms with Gasteiger partial charge in [0.1, 0.15) is 16.8 Å². The lowest BCUT2D eigenvalue weighted by atomic mass is 10.2. The van der Waals surface area contributed by atoms with Gasteiger partial charge in [-0.3, -0.25) is 4.79 Å². The van der Waals surface area contributed by atoms with Crippen LogP contribution in [0.1, 0.15) is 12.8 Å². The van der Waals surface area contributed by atoms with Gasteiger partial charge in [-0.25, -0.2) is 12.8 Å². The molecule has 0 N–H and O–H groups in total. The average molecular weight is 300 g/mol. The monoisotopic (exact) mass is 300 g/mol. The van der Waals surface area contributed by atoms with E-state index in [0.717, 1.165) is 10.4 Å². The van der Waals surface area contributed by atoms with Crippen LogP contribution in [0.5, 0.6) is 0 Å². The lowest BCUT2D eigenvalue weighted by Crippen LogP contribution is -2.45. The van der Waals surface area contributed by atoms with Gasteiger partial charge in [0.2, 0.25) is 15.9 Å². The summed E-state index contributed by atoms with van der Waals surface area (Å²) in [5.41, 5.74) is 0. The minimum Gasteiger partial charge on any atom is -0.347 e. The first-order valence-electron chi connectivity index (χ1n) is 6.33. The van der Waals surface area contributed by atoms with Crippen molar-refractivity contribution in [1.29, 1.82) is 0 Å². The highest BCUT2D eigenvalue weighted by atomic mass is 32.2. The third-order valence-electron chi connectivity index (χ3n) is 3.35. The van der Waals surface area contributed by atoms with Crippen LogP contribution >= 0.6 is 0 Å². The molecule has 20 heavy (non-hydrogen) atoms. The summed E-state index contributed by atoms with van der Waals surface area (Å²) in [5.74, 6) is -1.07. The average Bonchev–Trinajstić information content (AvgIpc) is 2.87. The van der Waals surface area contributed by atoms with Crippen LogP contribution in [0.25, 0.3) is 0 Å². The van der Waals surface area contributed by atoms with Crippen molar-refractivity contribution < 1.29 is 17.6 Å². The summed E-state index contributed by atoms with van der Waals surface area (Å²) in [6.07, 6.45) is 1.06. The summed E-state index contributed by atoms with van der Waals surface area (Å²) < 4.78 is 39.8. The first-order chi connectivity index (χ1) is 9.35. The van der Waals surface area contributed by atoms with Crippen LogP contribution < -0.4 is 0 Å². The molecule has 0 bridgehead atoms. The van der Waals surface area contributed by atoms with Crippen LogP contribution in [-0.2, 0) is 14.8 Å². The lowest BCUT2D eigenvalue weighted by Gasteiger charge is -2.25. The van der Waals surface area contributed by atoms with Crippen molar-refractivity contribution in [3.63, 3.8) is 0 Å². The van der Waals surface area contributed by atoms with E-state index in [-0.39, 0.29) is 17.3 Å². The molecule has 1 fully saturated rings. The molecule has 1 aromatic carbocycles. The highest BCUT2D eigenvalue weighted by Crippen LogP contribution is 2.28. The van der Waals surface area contributed by atoms with E-state index in [9.17, 15) is 17.6 Å². The molecule has 1 aliphatic heterocycles. The minimum absolute atomic E-state index is 0.237. The first kappa shape index (κ1) is 14.9. The Hall–Kier alpha value is -1.47. The van der Waals surface area contributed by atoms with Gasteiger partial charge in [0.25, 0.3) is 0 Å². The predicted octanol–water partition coefficient (Wildman–Crippen LogP) is 1.07. The molecule has 0 saturated carbocycles. The molecule has 0 radical (unpaired) electrons. The Morgan fingerprint density at radius 3 is 2.60 bits per heavy atom. The first-order valence-corrected chi connectivity index (χ1v) is 7.77. The number of sulfonamides is 1. The molecule has 1 atom stereocenters. The Bertz CT molecular complexity index is 616. The molecule has 7 heteroatoms. The van der Waals surface area contributed by atoms with E-state index in [0.29, 0.717) is 12.8 Å². The number of hydrogen-bond donors (Lipinski definition) is 0. The number of halogens is 1. The summed E-state index contributed by atoms with van der Waals surface area (Å²) in [7, 11) is -0.830. The number of carbonyl (C=O) groups excluding carboxylic acids is 1. The quantitative estimate of drug-likeness (QED) is 0.839. The van der Waals surface area contributed by atoms with Gasteiger partial charge in [0.15, 0.2) is 0 Å². The smallest absolute Gasteiger partial charge is 0.246 e. The number of carbonyl (C=O) groups is 1. The van der Waals surface area contributed by atoms with Gasteiger partial charge >= 0.3 is 0 Å². The number of amides is 1. The zero-order valence-electron chi connectivity index (χ0n) is 11.4. The molecular weight excluding hydrogens is 283 g/mol. The van der Waals surface area contributed by atoms with Crippen molar-refractivity contribution in [2.24, 2.45) is 0 Å². The van der Waals surface area contributed by atoms with Crippen molar-refractivity contribution in [3.8, 4) is 0 Å². The summed E-state index contributed by atoms with van der Waals surface area (Å²) in [4.78, 5) is 13.0. The van der Waals surface area contributed by atoms with Gasteiger partial charge in [0, 0.05) is 20.6 Å². The van der Waals surface area contributed by atoms with E-state index in [1.807, 2.05) is 0 Å². The fourth-order valence-electron chi connectivity index (χ4n) is 2.35. The van der Waals surface area contributed by atoms with Crippen LogP contribution in [0.3, 0.4) is 0 Å². The molecular formula is C13H17FN2O3S. The molecule has 2 rings (SSSR count). The van der Waals surface area contributed by atoms with Crippen molar-refractivity contribution >= 4 is 15.9 Å². The Labute approximate surface area is 118 Å². The van der Waals surface area contributed by atoms with Gasteiger partial charge in [0.05, 0.1) is 0 Å². The van der Waals surface area contributed by atoms with Crippen LogP contribution in [0.15, 0.2) is 29.2 Å². The van der Waals surface area contributed by atoms with Crippen molar-refractivity contribution in [3.05, 3.63) is 30.1 Å². The summed E-state index contributed by atoms with van der Waals surface area (Å²) >= 11 is 0. The maximum absolute atomic E-state index is 13.7. The van der Waals surface area contributed by atoms with Gasteiger partial charge in [-0.2, -0.15) is 4.31 Å². The Balaban J connectivity index is 2.39. The van der Waals surface area contributed by atoms with Crippen molar-refractivity contribution in [2.75, 3.05) is 20.6 Å². The van der Waals surface area contributed by atoms with Crippen LogP contribution in [0, 0.1) is 5.82 Å². The molecule has 1 saturated heterocycles. The van der Waals surface area contributed by atoms with Crippen LogP contribution in [0.2, 0.25) is 0 Å². The van der Waals surface area contributed by atoms with Crippen molar-refractivity contribution in [1.82, 2.24) is 9.21 Å². The fourth-order valence-corrected chi connectivity index (χ4v) is 4.07. The minimum atomic E-state index is -3.99. The predicted molar refractivity (Wildman–Crippen MR) is 72.0 cm³/mol. The number of nitrogens with zero attached hydrogens (tertiary/aromatic N) is 2. The Kier molecular flexibility index (Phi) is 4.10. The molecule has 1 unspecified atom stereocenters. The second-order valence-electron chi connectivity index (χ2n) is 4.94. The number of likely N-dealkylation sites (N-methyl/N-ethyl adjacent to an activating group) is 1. The van der Waals surface area contributed by atoms with Gasteiger partial charge in [-0.1, -0.05) is 12.1 Å². The van der Waals surface area contributed by atoms with E-state index in [2.05, 4.69) is 0 Å². The SMILES string of the molecule is CN(C)C(=O)C1CCCN1S(=O)(=O)c1ccccc1F. The lowest BCUT2D eigenvalue weighted by molar-refractivity contribution is -0.132. The second-order valence-corrected chi connectivity index (χ2v) is 6.80. The van der Waals surface area contributed by atoms with E-state index in [1.54, 1.807) is 14.1 Å². The third kappa shape index (κ3) is 2.55.